The molecule has 4 aromatic rings. The van der Waals surface area contributed by atoms with Crippen molar-refractivity contribution < 1.29 is 14.5 Å². The van der Waals surface area contributed by atoms with E-state index in [4.69, 9.17) is 4.74 Å². The minimum Gasteiger partial charge on any atom is -0.495 e. The van der Waals surface area contributed by atoms with Gasteiger partial charge >= 0.3 is 0 Å². The molecular weight excluding hydrogens is 480 g/mol. The number of anilines is 2. The third-order valence-electron chi connectivity index (χ3n) is 5.16. The SMILES string of the molecule is COc1ccccc1NCc1nnc(SCCC(=O)Nc2cccc([N+](=O)[O-])c2)n1-c1ccccc1. The van der Waals surface area contributed by atoms with E-state index in [9.17, 15) is 14.9 Å². The monoisotopic (exact) mass is 504 g/mol. The highest BCUT2D eigenvalue weighted by atomic mass is 32.2. The summed E-state index contributed by atoms with van der Waals surface area (Å²) in [5, 5.41) is 26.4. The number of non-ortho nitro benzene ring substituents is 1. The number of para-hydroxylation sites is 3. The Hall–Kier alpha value is -4.38. The standard InChI is InChI=1S/C25H24N6O4S/c1-35-22-13-6-5-12-21(22)26-17-23-28-29-25(30(23)19-9-3-2-4-10-19)36-15-14-24(32)27-18-8-7-11-20(16-18)31(33)34/h2-13,16,26H,14-15,17H2,1H3,(H,27,32). The number of benzene rings is 3. The Morgan fingerprint density at radius 1 is 1.06 bits per heavy atom. The fourth-order valence-corrected chi connectivity index (χ4v) is 4.37. The summed E-state index contributed by atoms with van der Waals surface area (Å²) in [6, 6.07) is 23.2. The molecule has 11 heteroatoms. The first-order valence-electron chi connectivity index (χ1n) is 11.1. The lowest BCUT2D eigenvalue weighted by Crippen LogP contribution is -2.12. The Bertz CT molecular complexity index is 1350. The average molecular weight is 505 g/mol. The van der Waals surface area contributed by atoms with Crippen LogP contribution in [0.4, 0.5) is 17.1 Å². The number of nitrogens with one attached hydrogen (secondary N) is 2. The highest BCUT2D eigenvalue weighted by molar-refractivity contribution is 7.99. The maximum absolute atomic E-state index is 12.4. The quantitative estimate of drug-likeness (QED) is 0.168. The van der Waals surface area contributed by atoms with E-state index in [2.05, 4.69) is 20.8 Å². The van der Waals surface area contributed by atoms with Crippen molar-refractivity contribution in [3.63, 3.8) is 0 Å². The van der Waals surface area contributed by atoms with Crippen LogP contribution < -0.4 is 15.4 Å². The molecule has 0 spiro atoms. The van der Waals surface area contributed by atoms with Crippen LogP contribution in [0.1, 0.15) is 12.2 Å². The van der Waals surface area contributed by atoms with E-state index in [0.717, 1.165) is 17.1 Å². The van der Waals surface area contributed by atoms with Crippen LogP contribution in [0, 0.1) is 10.1 Å². The average Bonchev–Trinajstić information content (AvgIpc) is 3.30. The van der Waals surface area contributed by atoms with E-state index in [1.807, 2.05) is 59.2 Å². The molecule has 1 aromatic heterocycles. The lowest BCUT2D eigenvalue weighted by Gasteiger charge is -2.13. The Kier molecular flexibility index (Phi) is 8.14. The molecule has 0 unspecified atom stereocenters. The number of rotatable bonds is 11. The highest BCUT2D eigenvalue weighted by Crippen LogP contribution is 2.26. The summed E-state index contributed by atoms with van der Waals surface area (Å²) in [6.45, 7) is 0.413. The second-order valence-corrected chi connectivity index (χ2v) is 8.64. The van der Waals surface area contributed by atoms with Crippen molar-refractivity contribution in [1.29, 1.82) is 0 Å². The smallest absolute Gasteiger partial charge is 0.271 e. The van der Waals surface area contributed by atoms with Gasteiger partial charge in [0.2, 0.25) is 5.91 Å². The van der Waals surface area contributed by atoms with Crippen LogP contribution in [0.3, 0.4) is 0 Å². The molecule has 0 radical (unpaired) electrons. The number of hydrogen-bond donors (Lipinski definition) is 2. The van der Waals surface area contributed by atoms with Crippen molar-refractivity contribution in [2.24, 2.45) is 0 Å². The minimum atomic E-state index is -0.498. The third-order valence-corrected chi connectivity index (χ3v) is 6.09. The number of nitro benzene ring substituents is 1. The number of nitro groups is 1. The van der Waals surface area contributed by atoms with Crippen LogP contribution in [-0.4, -0.2) is 38.5 Å². The molecule has 184 valence electrons. The second kappa shape index (κ2) is 11.8. The number of carbonyl (C=O) groups excluding carboxylic acids is 1. The van der Waals surface area contributed by atoms with Gasteiger partial charge in [-0.3, -0.25) is 19.5 Å². The summed E-state index contributed by atoms with van der Waals surface area (Å²) in [6.07, 6.45) is 0.198. The third kappa shape index (κ3) is 6.19. The number of nitrogens with zero attached hydrogens (tertiary/aromatic N) is 4. The van der Waals surface area contributed by atoms with Gasteiger partial charge in [0.1, 0.15) is 5.75 Å². The maximum Gasteiger partial charge on any atom is 0.271 e. The van der Waals surface area contributed by atoms with Crippen molar-refractivity contribution >= 4 is 34.7 Å². The Labute approximate surface area is 211 Å². The Morgan fingerprint density at radius 3 is 2.61 bits per heavy atom. The molecule has 0 aliphatic rings. The molecular formula is C25H24N6O4S. The van der Waals surface area contributed by atoms with Gasteiger partial charge in [-0.25, -0.2) is 0 Å². The number of ether oxygens (including phenoxy) is 1. The highest BCUT2D eigenvalue weighted by Gasteiger charge is 2.16. The van der Waals surface area contributed by atoms with Crippen molar-refractivity contribution in [3.05, 3.63) is 94.8 Å². The molecule has 2 N–H and O–H groups in total. The van der Waals surface area contributed by atoms with E-state index in [1.165, 1.54) is 30.0 Å². The van der Waals surface area contributed by atoms with Crippen molar-refractivity contribution in [3.8, 4) is 11.4 Å². The summed E-state index contributed by atoms with van der Waals surface area (Å²) >= 11 is 1.41. The summed E-state index contributed by atoms with van der Waals surface area (Å²) in [4.78, 5) is 22.8. The molecule has 1 heterocycles. The molecule has 0 atom stereocenters. The molecule has 0 saturated heterocycles. The molecule has 10 nitrogen and oxygen atoms in total. The van der Waals surface area contributed by atoms with Crippen LogP contribution in [0.25, 0.3) is 5.69 Å². The molecule has 3 aromatic carbocycles. The van der Waals surface area contributed by atoms with Crippen LogP contribution in [0.15, 0.2) is 84.0 Å². The summed E-state index contributed by atoms with van der Waals surface area (Å²) < 4.78 is 7.36. The number of hydrogen-bond acceptors (Lipinski definition) is 8. The molecule has 36 heavy (non-hydrogen) atoms. The minimum absolute atomic E-state index is 0.0765. The number of aromatic nitrogens is 3. The zero-order valence-corrected chi connectivity index (χ0v) is 20.3. The van der Waals surface area contributed by atoms with Crippen molar-refractivity contribution in [1.82, 2.24) is 14.8 Å². The first-order valence-corrected chi connectivity index (χ1v) is 12.1. The second-order valence-electron chi connectivity index (χ2n) is 7.58. The van der Waals surface area contributed by atoms with E-state index in [-0.39, 0.29) is 18.0 Å². The van der Waals surface area contributed by atoms with Gasteiger partial charge in [-0.15, -0.1) is 10.2 Å². The molecule has 4 rings (SSSR count). The molecule has 0 aliphatic heterocycles. The zero-order chi connectivity index (χ0) is 25.3. The normalized spacial score (nSPS) is 10.6. The van der Waals surface area contributed by atoms with Gasteiger partial charge in [-0.1, -0.05) is 48.2 Å². The van der Waals surface area contributed by atoms with Crippen LogP contribution in [-0.2, 0) is 11.3 Å². The predicted molar refractivity (Wildman–Crippen MR) is 139 cm³/mol. The van der Waals surface area contributed by atoms with E-state index in [0.29, 0.717) is 29.0 Å². The first-order chi connectivity index (χ1) is 17.5. The summed E-state index contributed by atoms with van der Waals surface area (Å²) in [5.41, 5.74) is 2.06. The van der Waals surface area contributed by atoms with Crippen LogP contribution in [0.2, 0.25) is 0 Å². The van der Waals surface area contributed by atoms with Gasteiger partial charge in [0.15, 0.2) is 11.0 Å². The lowest BCUT2D eigenvalue weighted by molar-refractivity contribution is -0.384. The van der Waals surface area contributed by atoms with Crippen LogP contribution in [0.5, 0.6) is 5.75 Å². The summed E-state index contributed by atoms with van der Waals surface area (Å²) in [5.74, 6) is 1.64. The summed E-state index contributed by atoms with van der Waals surface area (Å²) in [7, 11) is 1.62. The molecule has 0 aliphatic carbocycles. The number of amides is 1. The molecule has 0 fully saturated rings. The Morgan fingerprint density at radius 2 is 1.83 bits per heavy atom. The van der Waals surface area contributed by atoms with E-state index < -0.39 is 4.92 Å². The molecule has 0 saturated carbocycles. The fourth-order valence-electron chi connectivity index (χ4n) is 3.47. The van der Waals surface area contributed by atoms with Crippen LogP contribution >= 0.6 is 11.8 Å². The van der Waals surface area contributed by atoms with E-state index >= 15 is 0 Å². The van der Waals surface area contributed by atoms with Gasteiger partial charge < -0.3 is 15.4 Å². The topological polar surface area (TPSA) is 124 Å². The van der Waals surface area contributed by atoms with Crippen molar-refractivity contribution in [2.75, 3.05) is 23.5 Å². The number of carbonyl (C=O) groups is 1. The maximum atomic E-state index is 12.4. The van der Waals surface area contributed by atoms with Gasteiger partial charge in [-0.2, -0.15) is 0 Å². The Balaban J connectivity index is 1.43. The first kappa shape index (κ1) is 24.7. The van der Waals surface area contributed by atoms with Gasteiger partial charge in [0.05, 0.1) is 24.3 Å². The molecule has 1 amide bonds. The zero-order valence-electron chi connectivity index (χ0n) is 19.5. The van der Waals surface area contributed by atoms with Gasteiger partial charge in [0.25, 0.3) is 5.69 Å². The lowest BCUT2D eigenvalue weighted by atomic mass is 10.3. The van der Waals surface area contributed by atoms with Gasteiger partial charge in [0, 0.05) is 35.7 Å². The fraction of sp³-hybridized carbons (Fsp3) is 0.160. The number of methoxy groups -OCH3 is 1. The van der Waals surface area contributed by atoms with E-state index in [1.54, 1.807) is 13.2 Å². The predicted octanol–water partition coefficient (Wildman–Crippen LogP) is 4.92. The largest absolute Gasteiger partial charge is 0.495 e. The van der Waals surface area contributed by atoms with Crippen molar-refractivity contribution in [2.45, 2.75) is 18.1 Å². The van der Waals surface area contributed by atoms with Gasteiger partial charge in [-0.05, 0) is 30.3 Å². The number of thioether (sulfide) groups is 1. The molecule has 0 bridgehead atoms.